The molecule has 12 nitrogen and oxygen atoms in total. The van der Waals surface area contributed by atoms with Crippen LogP contribution in [0.3, 0.4) is 0 Å². The first-order valence-corrected chi connectivity index (χ1v) is 15.9. The molecule has 0 fully saturated rings. The molecule has 1 aliphatic rings. The first-order chi connectivity index (χ1) is 22.7. The topological polar surface area (TPSA) is 162 Å². The van der Waals surface area contributed by atoms with Crippen molar-refractivity contribution >= 4 is 29.1 Å². The number of nitrogens with zero attached hydrogens (tertiary/aromatic N) is 3. The van der Waals surface area contributed by atoms with Crippen molar-refractivity contribution < 1.29 is 19.5 Å². The summed E-state index contributed by atoms with van der Waals surface area (Å²) < 4.78 is 1.89. The minimum absolute atomic E-state index is 0.0563. The molecule has 1 unspecified atom stereocenters. The first-order valence-electron chi connectivity index (χ1n) is 15.9. The largest absolute Gasteiger partial charge is 0.395 e. The minimum atomic E-state index is -0.314. The summed E-state index contributed by atoms with van der Waals surface area (Å²) in [5, 5.41) is 28.9. The maximum absolute atomic E-state index is 13.4. The highest BCUT2D eigenvalue weighted by molar-refractivity contribution is 6.05. The van der Waals surface area contributed by atoms with E-state index in [0.29, 0.717) is 48.9 Å². The highest BCUT2D eigenvalue weighted by Crippen LogP contribution is 2.34. The number of fused-ring (bicyclic) bond motifs is 1. The van der Waals surface area contributed by atoms with Crippen LogP contribution in [0.1, 0.15) is 69.2 Å². The predicted molar refractivity (Wildman–Crippen MR) is 181 cm³/mol. The third-order valence-corrected chi connectivity index (χ3v) is 8.28. The molecule has 6 N–H and O–H groups in total. The number of hydrogen-bond donors (Lipinski definition) is 6. The van der Waals surface area contributed by atoms with Gasteiger partial charge in [-0.3, -0.25) is 24.0 Å². The molecule has 0 bridgehead atoms. The fourth-order valence-electron chi connectivity index (χ4n) is 5.76. The van der Waals surface area contributed by atoms with Crippen LogP contribution in [0.5, 0.6) is 0 Å². The van der Waals surface area contributed by atoms with Gasteiger partial charge in [-0.05, 0) is 78.8 Å². The van der Waals surface area contributed by atoms with Gasteiger partial charge in [0.2, 0.25) is 5.91 Å². The van der Waals surface area contributed by atoms with E-state index in [1.54, 1.807) is 12.3 Å². The van der Waals surface area contributed by atoms with E-state index in [1.807, 2.05) is 67.1 Å². The molecule has 47 heavy (non-hydrogen) atoms. The summed E-state index contributed by atoms with van der Waals surface area (Å²) in [5.41, 5.74) is 7.51. The van der Waals surface area contributed by atoms with Gasteiger partial charge >= 0.3 is 0 Å². The SMILES string of the molecule is CC(=O)NCCNC1CCCn2nc(C(=O)Nc3cccc(-c4cccc(NC(=O)c5ccc(CNCCO)cn5)c4C)c3C)cc21. The zero-order valence-corrected chi connectivity index (χ0v) is 27.0. The second-order valence-electron chi connectivity index (χ2n) is 11.6. The van der Waals surface area contributed by atoms with Gasteiger partial charge in [0.05, 0.1) is 12.3 Å². The summed E-state index contributed by atoms with van der Waals surface area (Å²) >= 11 is 0. The summed E-state index contributed by atoms with van der Waals surface area (Å²) in [6.07, 6.45) is 3.52. The Labute approximate surface area is 274 Å². The molecular formula is C35H42N8O4. The van der Waals surface area contributed by atoms with Crippen molar-refractivity contribution in [1.82, 2.24) is 30.7 Å². The van der Waals surface area contributed by atoms with Crippen molar-refractivity contribution in [2.75, 3.05) is 36.9 Å². The van der Waals surface area contributed by atoms with Gasteiger partial charge < -0.3 is 31.7 Å². The molecule has 2 aromatic carbocycles. The zero-order valence-electron chi connectivity index (χ0n) is 27.0. The van der Waals surface area contributed by atoms with E-state index < -0.39 is 0 Å². The van der Waals surface area contributed by atoms with Gasteiger partial charge in [0.1, 0.15) is 5.69 Å². The van der Waals surface area contributed by atoms with Gasteiger partial charge in [-0.15, -0.1) is 0 Å². The normalized spacial score (nSPS) is 13.9. The molecule has 0 saturated heterocycles. The number of anilines is 2. The number of carbonyl (C=O) groups is 3. The fraction of sp³-hybridized carbons (Fsp3) is 0.343. The average Bonchev–Trinajstić information content (AvgIpc) is 3.51. The van der Waals surface area contributed by atoms with Crippen LogP contribution in [0, 0.1) is 13.8 Å². The number of pyridine rings is 1. The molecule has 0 spiro atoms. The van der Waals surface area contributed by atoms with Crippen LogP contribution >= 0.6 is 0 Å². The lowest BCUT2D eigenvalue weighted by atomic mass is 9.94. The molecule has 3 amide bonds. The molecule has 0 saturated carbocycles. The van der Waals surface area contributed by atoms with Crippen LogP contribution in [-0.2, 0) is 17.9 Å². The Balaban J connectivity index is 1.28. The van der Waals surface area contributed by atoms with Gasteiger partial charge in [-0.25, -0.2) is 0 Å². The van der Waals surface area contributed by atoms with Gasteiger partial charge in [-0.1, -0.05) is 30.3 Å². The van der Waals surface area contributed by atoms with Gasteiger partial charge in [0.25, 0.3) is 11.8 Å². The second-order valence-corrected chi connectivity index (χ2v) is 11.6. The van der Waals surface area contributed by atoms with Crippen LogP contribution in [-0.4, -0.2) is 63.8 Å². The number of nitrogens with one attached hydrogen (secondary N) is 5. The number of benzene rings is 2. The molecule has 1 atom stereocenters. The van der Waals surface area contributed by atoms with Gasteiger partial charge in [0.15, 0.2) is 5.69 Å². The molecule has 2 aromatic heterocycles. The summed E-state index contributed by atoms with van der Waals surface area (Å²) in [4.78, 5) is 42.0. The van der Waals surface area contributed by atoms with E-state index in [1.165, 1.54) is 6.92 Å². The number of aromatic nitrogens is 3. The Bertz CT molecular complexity index is 1730. The van der Waals surface area contributed by atoms with E-state index >= 15 is 0 Å². The Morgan fingerprint density at radius 1 is 0.894 bits per heavy atom. The average molecular weight is 639 g/mol. The second kappa shape index (κ2) is 15.6. The first kappa shape index (κ1) is 33.5. The summed E-state index contributed by atoms with van der Waals surface area (Å²) in [6, 6.07) is 16.9. The molecule has 3 heterocycles. The molecule has 1 aliphatic heterocycles. The van der Waals surface area contributed by atoms with Crippen molar-refractivity contribution in [2.24, 2.45) is 0 Å². The number of amides is 3. The number of hydrogen-bond acceptors (Lipinski definition) is 8. The van der Waals surface area contributed by atoms with E-state index in [4.69, 9.17) is 5.11 Å². The van der Waals surface area contributed by atoms with Crippen LogP contribution in [0.15, 0.2) is 60.8 Å². The number of aryl methyl sites for hydroxylation is 1. The summed E-state index contributed by atoms with van der Waals surface area (Å²) in [5.74, 6) is -0.663. The number of aliphatic hydroxyl groups is 1. The molecule has 246 valence electrons. The third-order valence-electron chi connectivity index (χ3n) is 8.28. The van der Waals surface area contributed by atoms with Crippen molar-refractivity contribution in [2.45, 2.75) is 52.7 Å². The fourth-order valence-corrected chi connectivity index (χ4v) is 5.76. The lowest BCUT2D eigenvalue weighted by Crippen LogP contribution is -2.34. The smallest absolute Gasteiger partial charge is 0.276 e. The van der Waals surface area contributed by atoms with Crippen molar-refractivity contribution in [3.63, 3.8) is 0 Å². The highest BCUT2D eigenvalue weighted by Gasteiger charge is 2.25. The van der Waals surface area contributed by atoms with Crippen LogP contribution in [0.25, 0.3) is 11.1 Å². The summed E-state index contributed by atoms with van der Waals surface area (Å²) in [6.45, 7) is 8.42. The maximum atomic E-state index is 13.4. The molecule has 0 aliphatic carbocycles. The third kappa shape index (κ3) is 8.28. The van der Waals surface area contributed by atoms with Crippen molar-refractivity contribution in [3.05, 3.63) is 94.6 Å². The van der Waals surface area contributed by atoms with E-state index in [2.05, 4.69) is 36.7 Å². The molecule has 12 heteroatoms. The summed E-state index contributed by atoms with van der Waals surface area (Å²) in [7, 11) is 0. The molecule has 5 rings (SSSR count). The monoisotopic (exact) mass is 638 g/mol. The van der Waals surface area contributed by atoms with Crippen molar-refractivity contribution in [3.8, 4) is 11.1 Å². The van der Waals surface area contributed by atoms with Crippen LogP contribution in [0.4, 0.5) is 11.4 Å². The zero-order chi connectivity index (χ0) is 33.3. The maximum Gasteiger partial charge on any atom is 0.276 e. The Hall–Kier alpha value is -4.91. The van der Waals surface area contributed by atoms with Gasteiger partial charge in [0, 0.05) is 63.3 Å². The number of rotatable bonds is 13. The molecule has 0 radical (unpaired) electrons. The standard InChI is InChI=1S/C35H42N8O4/c1-22-26(7-4-9-28(22)40-34(46)31-13-12-25(21-39-31)20-36-16-18-44)27-8-5-10-29(23(27)2)41-35(47)32-19-33-30(11-6-17-43(33)42-32)38-15-14-37-24(3)45/h4-5,7-10,12-13,19,21,30,36,38,44H,6,11,14-18,20H2,1-3H3,(H,37,45)(H,40,46)(H,41,47). The molecular weight excluding hydrogens is 596 g/mol. The van der Waals surface area contributed by atoms with Crippen molar-refractivity contribution in [1.29, 1.82) is 0 Å². The van der Waals surface area contributed by atoms with E-state index in [0.717, 1.165) is 52.9 Å². The Morgan fingerprint density at radius 2 is 1.57 bits per heavy atom. The lowest BCUT2D eigenvalue weighted by Gasteiger charge is -2.24. The lowest BCUT2D eigenvalue weighted by molar-refractivity contribution is -0.118. The highest BCUT2D eigenvalue weighted by atomic mass is 16.3. The minimum Gasteiger partial charge on any atom is -0.395 e. The van der Waals surface area contributed by atoms with Gasteiger partial charge in [-0.2, -0.15) is 5.10 Å². The number of aliphatic hydroxyl groups excluding tert-OH is 1. The van der Waals surface area contributed by atoms with E-state index in [-0.39, 0.29) is 30.4 Å². The Kier molecular flexibility index (Phi) is 11.1. The van der Waals surface area contributed by atoms with Crippen LogP contribution in [0.2, 0.25) is 0 Å². The Morgan fingerprint density at radius 3 is 2.19 bits per heavy atom. The quantitative estimate of drug-likeness (QED) is 0.121. The van der Waals surface area contributed by atoms with E-state index in [9.17, 15) is 14.4 Å². The number of carbonyl (C=O) groups excluding carboxylic acids is 3. The van der Waals surface area contributed by atoms with Crippen LogP contribution < -0.4 is 26.6 Å². The molecule has 4 aromatic rings. The predicted octanol–water partition coefficient (Wildman–Crippen LogP) is 3.71.